The van der Waals surface area contributed by atoms with E-state index in [0.717, 1.165) is 6.42 Å². The molecule has 2 rings (SSSR count). The Hall–Kier alpha value is -1.36. The van der Waals surface area contributed by atoms with Crippen LogP contribution in [0.3, 0.4) is 0 Å². The number of ketones is 1. The van der Waals surface area contributed by atoms with E-state index in [9.17, 15) is 19.8 Å². The SMILES string of the molecule is CC[C@H]1OC(=O)[C@H](C)[C@@H](O)[C@H](C)[C@@H](O[C@H]2C[C@@H](N(C)C)C[C@@H](C)O2)[C@](C)(OC)C[C@@H](C)C(=O)/C(C)=C/[C@]1(C)O. The lowest BCUT2D eigenvalue weighted by Gasteiger charge is -2.46. The maximum atomic E-state index is 13.5. The van der Waals surface area contributed by atoms with Crippen LogP contribution in [0, 0.1) is 17.8 Å². The molecule has 2 aliphatic rings. The number of carbonyl (C=O) groups excluding carboxylic acids is 2. The highest BCUT2D eigenvalue weighted by Gasteiger charge is 2.48. The fraction of sp³-hybridized carbons (Fsp3) is 0.867. The molecule has 226 valence electrons. The van der Waals surface area contributed by atoms with Crippen molar-refractivity contribution >= 4 is 11.8 Å². The van der Waals surface area contributed by atoms with Gasteiger partial charge in [-0.2, -0.15) is 0 Å². The summed E-state index contributed by atoms with van der Waals surface area (Å²) in [6, 6.07) is 0.257. The molecule has 39 heavy (non-hydrogen) atoms. The van der Waals surface area contributed by atoms with E-state index in [1.54, 1.807) is 27.9 Å². The first-order chi connectivity index (χ1) is 18.0. The van der Waals surface area contributed by atoms with Crippen LogP contribution >= 0.6 is 0 Å². The predicted octanol–water partition coefficient (Wildman–Crippen LogP) is 3.49. The van der Waals surface area contributed by atoms with Gasteiger partial charge in [0.2, 0.25) is 0 Å². The first-order valence-corrected chi connectivity index (χ1v) is 14.3. The lowest BCUT2D eigenvalue weighted by molar-refractivity contribution is -0.270. The highest BCUT2D eigenvalue weighted by Crippen LogP contribution is 2.38. The van der Waals surface area contributed by atoms with Gasteiger partial charge >= 0.3 is 5.97 Å². The van der Waals surface area contributed by atoms with E-state index in [2.05, 4.69) is 4.90 Å². The van der Waals surface area contributed by atoms with Crippen molar-refractivity contribution in [1.82, 2.24) is 4.90 Å². The number of cyclic esters (lactones) is 1. The van der Waals surface area contributed by atoms with Gasteiger partial charge < -0.3 is 34.1 Å². The number of allylic oxidation sites excluding steroid dienone is 1. The maximum absolute atomic E-state index is 13.5. The molecule has 2 aliphatic heterocycles. The minimum Gasteiger partial charge on any atom is -0.459 e. The third-order valence-electron chi connectivity index (χ3n) is 8.79. The number of methoxy groups -OCH3 is 1. The van der Waals surface area contributed by atoms with Crippen LogP contribution in [-0.2, 0) is 28.5 Å². The quantitative estimate of drug-likeness (QED) is 0.492. The largest absolute Gasteiger partial charge is 0.459 e. The van der Waals surface area contributed by atoms with E-state index in [4.69, 9.17) is 18.9 Å². The van der Waals surface area contributed by atoms with Gasteiger partial charge in [0.1, 0.15) is 11.7 Å². The molecule has 0 aliphatic carbocycles. The normalized spacial score (nSPS) is 44.9. The summed E-state index contributed by atoms with van der Waals surface area (Å²) in [5.41, 5.74) is -2.18. The minimum absolute atomic E-state index is 0.0235. The lowest BCUT2D eigenvalue weighted by atomic mass is 9.76. The van der Waals surface area contributed by atoms with E-state index in [1.165, 1.54) is 13.0 Å². The fourth-order valence-electron chi connectivity index (χ4n) is 6.21. The van der Waals surface area contributed by atoms with Crippen molar-refractivity contribution in [2.75, 3.05) is 21.2 Å². The van der Waals surface area contributed by atoms with Gasteiger partial charge in [-0.15, -0.1) is 0 Å². The number of aliphatic hydroxyl groups is 2. The summed E-state index contributed by atoms with van der Waals surface area (Å²) < 4.78 is 24.6. The molecule has 0 aromatic heterocycles. The average molecular weight is 556 g/mol. The highest BCUT2D eigenvalue weighted by atomic mass is 16.7. The highest BCUT2D eigenvalue weighted by molar-refractivity contribution is 5.96. The predicted molar refractivity (Wildman–Crippen MR) is 149 cm³/mol. The Morgan fingerprint density at radius 2 is 1.74 bits per heavy atom. The number of Topliss-reactive ketones (excluding diaryl/α,β-unsaturated/α-hetero) is 1. The molecule has 0 amide bonds. The zero-order valence-corrected chi connectivity index (χ0v) is 25.9. The van der Waals surface area contributed by atoms with Gasteiger partial charge in [0, 0.05) is 31.4 Å². The van der Waals surface area contributed by atoms with Gasteiger partial charge in [0.25, 0.3) is 0 Å². The summed E-state index contributed by atoms with van der Waals surface area (Å²) in [4.78, 5) is 28.8. The summed E-state index contributed by atoms with van der Waals surface area (Å²) in [5, 5.41) is 22.6. The summed E-state index contributed by atoms with van der Waals surface area (Å²) in [6.07, 6.45) is 0.307. The molecule has 9 nitrogen and oxygen atoms in total. The second-order valence-corrected chi connectivity index (χ2v) is 12.5. The summed E-state index contributed by atoms with van der Waals surface area (Å²) in [5.74, 6) is -2.73. The Morgan fingerprint density at radius 3 is 2.28 bits per heavy atom. The number of aliphatic hydroxyl groups excluding tert-OH is 1. The number of carbonyl (C=O) groups is 2. The van der Waals surface area contributed by atoms with E-state index in [-0.39, 0.29) is 17.9 Å². The van der Waals surface area contributed by atoms with Crippen LogP contribution in [0.1, 0.15) is 81.1 Å². The molecule has 0 aromatic carbocycles. The zero-order chi connectivity index (χ0) is 29.9. The number of hydrogen-bond acceptors (Lipinski definition) is 9. The van der Waals surface area contributed by atoms with E-state index < -0.39 is 59.5 Å². The summed E-state index contributed by atoms with van der Waals surface area (Å²) in [6.45, 7) is 14.2. The second kappa shape index (κ2) is 13.5. The van der Waals surface area contributed by atoms with E-state index in [1.807, 2.05) is 41.8 Å². The lowest BCUT2D eigenvalue weighted by Crippen LogP contribution is -2.55. The number of nitrogens with zero attached hydrogens (tertiary/aromatic N) is 1. The molecule has 0 bridgehead atoms. The summed E-state index contributed by atoms with van der Waals surface area (Å²) >= 11 is 0. The summed E-state index contributed by atoms with van der Waals surface area (Å²) in [7, 11) is 5.63. The topological polar surface area (TPSA) is 115 Å². The van der Waals surface area contributed by atoms with Crippen molar-refractivity contribution < 1.29 is 38.7 Å². The van der Waals surface area contributed by atoms with Crippen LogP contribution < -0.4 is 0 Å². The first-order valence-electron chi connectivity index (χ1n) is 14.3. The van der Waals surface area contributed by atoms with Crippen molar-refractivity contribution in [2.45, 2.75) is 129 Å². The molecule has 11 atom stereocenters. The average Bonchev–Trinajstić information content (AvgIpc) is 2.86. The first kappa shape index (κ1) is 33.8. The Kier molecular flexibility index (Phi) is 11.7. The van der Waals surface area contributed by atoms with Crippen LogP contribution in [0.4, 0.5) is 0 Å². The molecule has 1 fully saturated rings. The molecule has 0 radical (unpaired) electrons. The van der Waals surface area contributed by atoms with E-state index in [0.29, 0.717) is 24.8 Å². The molecule has 1 saturated heterocycles. The molecule has 2 heterocycles. The van der Waals surface area contributed by atoms with Gasteiger partial charge in [-0.1, -0.05) is 20.8 Å². The standard InChI is InChI=1S/C30H53NO8/c1-12-23-29(7,35)15-17(2)25(32)18(3)16-30(8,36-11)27(20(5)26(33)21(6)28(34)38-23)39-24-14-22(31(9)10)13-19(4)37-24/h15,18-24,26-27,33,35H,12-14,16H2,1-11H3/b17-15+/t18-,19-,20+,21-,22+,23-,24+,26+,27-,29+,30-/m1/s1. The van der Waals surface area contributed by atoms with Crippen molar-refractivity contribution in [3.05, 3.63) is 11.6 Å². The van der Waals surface area contributed by atoms with Gasteiger partial charge in [0.15, 0.2) is 12.1 Å². The molecule has 9 heteroatoms. The number of esters is 1. The number of rotatable bonds is 5. The van der Waals surface area contributed by atoms with Gasteiger partial charge in [-0.05, 0) is 79.6 Å². The Morgan fingerprint density at radius 1 is 1.13 bits per heavy atom. The zero-order valence-electron chi connectivity index (χ0n) is 25.9. The Balaban J connectivity index is 2.57. The Bertz CT molecular complexity index is 873. The molecule has 0 unspecified atom stereocenters. The van der Waals surface area contributed by atoms with Crippen molar-refractivity contribution in [2.24, 2.45) is 17.8 Å². The second-order valence-electron chi connectivity index (χ2n) is 12.5. The third-order valence-corrected chi connectivity index (χ3v) is 8.79. The molecular formula is C30H53NO8. The molecule has 0 aromatic rings. The van der Waals surface area contributed by atoms with E-state index >= 15 is 0 Å². The van der Waals surface area contributed by atoms with Crippen molar-refractivity contribution in [3.8, 4) is 0 Å². The molecular weight excluding hydrogens is 502 g/mol. The van der Waals surface area contributed by atoms with Crippen molar-refractivity contribution in [3.63, 3.8) is 0 Å². The van der Waals surface area contributed by atoms with Gasteiger partial charge in [0.05, 0.1) is 29.8 Å². The molecule has 0 spiro atoms. The Labute approximate surface area is 235 Å². The monoisotopic (exact) mass is 555 g/mol. The van der Waals surface area contributed by atoms with Crippen molar-refractivity contribution in [1.29, 1.82) is 0 Å². The smallest absolute Gasteiger partial charge is 0.311 e. The minimum atomic E-state index is -1.56. The van der Waals surface area contributed by atoms with Crippen LogP contribution in [0.15, 0.2) is 11.6 Å². The van der Waals surface area contributed by atoms with Gasteiger partial charge in [-0.3, -0.25) is 9.59 Å². The fourth-order valence-corrected chi connectivity index (χ4v) is 6.21. The third kappa shape index (κ3) is 8.11. The van der Waals surface area contributed by atoms with Crippen LogP contribution in [0.25, 0.3) is 0 Å². The van der Waals surface area contributed by atoms with Crippen LogP contribution in [-0.4, -0.2) is 96.0 Å². The van der Waals surface area contributed by atoms with Gasteiger partial charge in [-0.25, -0.2) is 0 Å². The molecule has 2 N–H and O–H groups in total. The number of ether oxygens (including phenoxy) is 4. The molecule has 0 saturated carbocycles. The van der Waals surface area contributed by atoms with Crippen LogP contribution in [0.2, 0.25) is 0 Å². The maximum Gasteiger partial charge on any atom is 0.311 e. The van der Waals surface area contributed by atoms with Crippen LogP contribution in [0.5, 0.6) is 0 Å². The number of hydrogen-bond donors (Lipinski definition) is 2.